The van der Waals surface area contributed by atoms with Gasteiger partial charge in [-0.2, -0.15) is 10.4 Å². The number of nitriles is 1. The molecule has 0 saturated carbocycles. The Labute approximate surface area is 168 Å². The Morgan fingerprint density at radius 1 is 1.14 bits per heavy atom. The Balaban J connectivity index is 1.57. The minimum absolute atomic E-state index is 0.191. The van der Waals surface area contributed by atoms with Crippen LogP contribution < -0.4 is 4.74 Å². The zero-order chi connectivity index (χ0) is 19.6. The average molecular weight is 383 g/mol. The fraction of sp³-hybridized carbons (Fsp3) is 0.261. The summed E-state index contributed by atoms with van der Waals surface area (Å²) in [6.07, 6.45) is 3.47. The summed E-state index contributed by atoms with van der Waals surface area (Å²) in [6.45, 7) is 0.376. The molecule has 1 aliphatic carbocycles. The van der Waals surface area contributed by atoms with Gasteiger partial charge in [0, 0.05) is 17.9 Å². The van der Waals surface area contributed by atoms with Crippen LogP contribution in [0.25, 0.3) is 17.0 Å². The number of imidazole rings is 1. The molecule has 144 valence electrons. The number of aromatic nitrogens is 4. The molecule has 1 aliphatic rings. The molecule has 1 unspecified atom stereocenters. The van der Waals surface area contributed by atoms with Gasteiger partial charge in [-0.1, -0.05) is 30.3 Å². The number of ether oxygens (including phenoxy) is 1. The smallest absolute Gasteiger partial charge is 0.229 e. The van der Waals surface area contributed by atoms with Crippen molar-refractivity contribution in [3.63, 3.8) is 0 Å². The zero-order valence-electron chi connectivity index (χ0n) is 16.0. The highest BCUT2D eigenvalue weighted by atomic mass is 16.5. The van der Waals surface area contributed by atoms with Crippen LogP contribution in [0.5, 0.6) is 5.75 Å². The molecule has 1 atom stereocenters. The second-order valence-corrected chi connectivity index (χ2v) is 7.35. The second-order valence-electron chi connectivity index (χ2n) is 7.35. The summed E-state index contributed by atoms with van der Waals surface area (Å²) in [5.74, 6) is 1.72. The van der Waals surface area contributed by atoms with Crippen molar-refractivity contribution < 1.29 is 4.74 Å². The van der Waals surface area contributed by atoms with Gasteiger partial charge in [-0.3, -0.25) is 0 Å². The molecule has 0 aliphatic heterocycles. The standard InChI is InChI=1S/C23H21N5O/c24-14-13-16-7-6-12-21-22(16)20(15-29-17-8-2-1-3-9-17)27-28(21)23-25-18-10-4-5-11-19(18)26-23/h1-5,8-11,16H,6-7,12-13,15H2,(H,25,26). The lowest BCUT2D eigenvalue weighted by molar-refractivity contribution is 0.298. The van der Waals surface area contributed by atoms with Gasteiger partial charge in [0.05, 0.1) is 22.8 Å². The normalized spacial score (nSPS) is 15.8. The van der Waals surface area contributed by atoms with Crippen molar-refractivity contribution in [3.8, 4) is 17.8 Å². The van der Waals surface area contributed by atoms with Gasteiger partial charge >= 0.3 is 0 Å². The van der Waals surface area contributed by atoms with Crippen molar-refractivity contribution in [2.24, 2.45) is 0 Å². The molecule has 5 rings (SSSR count). The molecule has 0 spiro atoms. The van der Waals surface area contributed by atoms with Gasteiger partial charge < -0.3 is 9.72 Å². The first-order valence-corrected chi connectivity index (χ1v) is 9.94. The number of benzene rings is 2. The summed E-state index contributed by atoms with van der Waals surface area (Å²) in [5, 5.41) is 14.2. The van der Waals surface area contributed by atoms with E-state index in [0.717, 1.165) is 53.0 Å². The molecule has 1 N–H and O–H groups in total. The van der Waals surface area contributed by atoms with Crippen LogP contribution in [-0.4, -0.2) is 19.7 Å². The third-order valence-electron chi connectivity index (χ3n) is 5.51. The maximum absolute atomic E-state index is 9.34. The van der Waals surface area contributed by atoms with Crippen molar-refractivity contribution in [2.45, 2.75) is 38.2 Å². The number of aromatic amines is 1. The summed E-state index contributed by atoms with van der Waals surface area (Å²) in [5.41, 5.74) is 5.09. The van der Waals surface area contributed by atoms with E-state index < -0.39 is 0 Å². The quantitative estimate of drug-likeness (QED) is 0.543. The van der Waals surface area contributed by atoms with E-state index in [1.165, 1.54) is 0 Å². The molecular formula is C23H21N5O. The predicted octanol–water partition coefficient (Wildman–Crippen LogP) is 4.66. The maximum atomic E-state index is 9.34. The molecule has 6 nitrogen and oxygen atoms in total. The monoisotopic (exact) mass is 383 g/mol. The lowest BCUT2D eigenvalue weighted by Gasteiger charge is -2.21. The van der Waals surface area contributed by atoms with Gasteiger partial charge in [-0.25, -0.2) is 9.67 Å². The predicted molar refractivity (Wildman–Crippen MR) is 110 cm³/mol. The van der Waals surface area contributed by atoms with E-state index in [4.69, 9.17) is 14.8 Å². The van der Waals surface area contributed by atoms with Gasteiger partial charge in [0.25, 0.3) is 0 Å². The van der Waals surface area contributed by atoms with Gasteiger partial charge in [-0.05, 0) is 43.5 Å². The van der Waals surface area contributed by atoms with Crippen LogP contribution in [0.3, 0.4) is 0 Å². The number of fused-ring (bicyclic) bond motifs is 2. The second kappa shape index (κ2) is 7.44. The highest BCUT2D eigenvalue weighted by Gasteiger charge is 2.30. The molecule has 2 aromatic heterocycles. The molecule has 0 radical (unpaired) electrons. The zero-order valence-corrected chi connectivity index (χ0v) is 16.0. The van der Waals surface area contributed by atoms with Crippen molar-refractivity contribution in [3.05, 3.63) is 71.5 Å². The summed E-state index contributed by atoms with van der Waals surface area (Å²) in [7, 11) is 0. The first-order chi connectivity index (χ1) is 14.3. The molecule has 0 bridgehead atoms. The molecule has 6 heteroatoms. The van der Waals surface area contributed by atoms with E-state index >= 15 is 0 Å². The molecule has 0 saturated heterocycles. The fourth-order valence-corrected chi connectivity index (χ4v) is 4.19. The van der Waals surface area contributed by atoms with Crippen LogP contribution in [0, 0.1) is 11.3 Å². The van der Waals surface area contributed by atoms with E-state index in [2.05, 4.69) is 11.1 Å². The number of nitrogens with zero attached hydrogens (tertiary/aromatic N) is 4. The summed E-state index contributed by atoms with van der Waals surface area (Å²) >= 11 is 0. The van der Waals surface area contributed by atoms with Crippen LogP contribution >= 0.6 is 0 Å². The van der Waals surface area contributed by atoms with Crippen molar-refractivity contribution in [2.75, 3.05) is 0 Å². The highest BCUT2D eigenvalue weighted by Crippen LogP contribution is 2.37. The summed E-state index contributed by atoms with van der Waals surface area (Å²) in [6, 6.07) is 20.1. The number of nitrogens with one attached hydrogen (secondary N) is 1. The van der Waals surface area contributed by atoms with E-state index in [1.54, 1.807) is 0 Å². The largest absolute Gasteiger partial charge is 0.487 e. The van der Waals surface area contributed by atoms with Crippen molar-refractivity contribution >= 4 is 11.0 Å². The van der Waals surface area contributed by atoms with Gasteiger partial charge in [-0.15, -0.1) is 0 Å². The summed E-state index contributed by atoms with van der Waals surface area (Å²) in [4.78, 5) is 8.11. The van der Waals surface area contributed by atoms with E-state index in [-0.39, 0.29) is 5.92 Å². The minimum Gasteiger partial charge on any atom is -0.487 e. The lowest BCUT2D eigenvalue weighted by atomic mass is 9.83. The molecule has 0 amide bonds. The molecule has 29 heavy (non-hydrogen) atoms. The number of rotatable bonds is 5. The van der Waals surface area contributed by atoms with E-state index in [0.29, 0.717) is 19.0 Å². The first-order valence-electron chi connectivity index (χ1n) is 9.94. The minimum atomic E-state index is 0.191. The van der Waals surface area contributed by atoms with Crippen molar-refractivity contribution in [1.29, 1.82) is 5.26 Å². The van der Waals surface area contributed by atoms with Gasteiger partial charge in [0.15, 0.2) is 0 Å². The molecule has 2 heterocycles. The fourth-order valence-electron chi connectivity index (χ4n) is 4.19. The molecule has 2 aromatic carbocycles. The number of H-pyrrole nitrogens is 1. The van der Waals surface area contributed by atoms with E-state index in [9.17, 15) is 5.26 Å². The highest BCUT2D eigenvalue weighted by molar-refractivity contribution is 5.76. The van der Waals surface area contributed by atoms with E-state index in [1.807, 2.05) is 59.3 Å². The summed E-state index contributed by atoms with van der Waals surface area (Å²) < 4.78 is 7.92. The van der Waals surface area contributed by atoms with Crippen LogP contribution in [-0.2, 0) is 13.0 Å². The third kappa shape index (κ3) is 3.25. The van der Waals surface area contributed by atoms with Crippen LogP contribution in [0.1, 0.15) is 42.1 Å². The topological polar surface area (TPSA) is 79.5 Å². The maximum Gasteiger partial charge on any atom is 0.229 e. The Kier molecular flexibility index (Phi) is 4.49. The molecule has 4 aromatic rings. The van der Waals surface area contributed by atoms with Gasteiger partial charge in [0.2, 0.25) is 5.95 Å². The first kappa shape index (κ1) is 17.5. The third-order valence-corrected chi connectivity index (χ3v) is 5.51. The Morgan fingerprint density at radius 3 is 2.79 bits per heavy atom. The molecular weight excluding hydrogens is 362 g/mol. The van der Waals surface area contributed by atoms with Crippen molar-refractivity contribution in [1.82, 2.24) is 19.7 Å². The van der Waals surface area contributed by atoms with Crippen LogP contribution in [0.15, 0.2) is 54.6 Å². The Hall–Kier alpha value is -3.59. The Morgan fingerprint density at radius 2 is 1.97 bits per heavy atom. The Bertz CT molecular complexity index is 1150. The lowest BCUT2D eigenvalue weighted by Crippen LogP contribution is -2.13. The average Bonchev–Trinajstić information content (AvgIpc) is 3.35. The SMILES string of the molecule is N#CCC1CCCc2c1c(COc1ccccc1)nn2-c1nc2ccccc2[nH]1. The number of para-hydroxylation sites is 3. The number of hydrogen-bond donors (Lipinski definition) is 1. The number of hydrogen-bond acceptors (Lipinski definition) is 4. The van der Waals surface area contributed by atoms with Gasteiger partial charge in [0.1, 0.15) is 18.1 Å². The molecule has 0 fully saturated rings. The van der Waals surface area contributed by atoms with Crippen LogP contribution in [0.2, 0.25) is 0 Å². The van der Waals surface area contributed by atoms with Crippen LogP contribution in [0.4, 0.5) is 0 Å².